The summed E-state index contributed by atoms with van der Waals surface area (Å²) < 4.78 is 5.90. The summed E-state index contributed by atoms with van der Waals surface area (Å²) in [5.41, 5.74) is 1.49. The number of hydrogen-bond acceptors (Lipinski definition) is 5. The molecule has 1 saturated heterocycles. The number of carbonyl (C=O) groups excluding carboxylic acids is 2. The first kappa shape index (κ1) is 19.8. The Morgan fingerprint density at radius 1 is 1.13 bits per heavy atom. The van der Waals surface area contributed by atoms with Crippen molar-refractivity contribution in [1.82, 2.24) is 19.8 Å². The normalized spacial score (nSPS) is 17.6. The van der Waals surface area contributed by atoms with E-state index in [-0.39, 0.29) is 17.9 Å². The van der Waals surface area contributed by atoms with Crippen LogP contribution in [-0.4, -0.2) is 63.4 Å². The van der Waals surface area contributed by atoms with Gasteiger partial charge in [-0.25, -0.2) is 9.97 Å². The molecule has 154 valence electrons. The molecule has 1 aliphatic rings. The van der Waals surface area contributed by atoms with E-state index in [0.717, 1.165) is 10.9 Å². The second kappa shape index (κ2) is 8.49. The van der Waals surface area contributed by atoms with Crippen LogP contribution in [0.1, 0.15) is 24.2 Å². The summed E-state index contributed by atoms with van der Waals surface area (Å²) in [6, 6.07) is 14.6. The lowest BCUT2D eigenvalue weighted by atomic mass is 10.1. The number of amides is 2. The van der Waals surface area contributed by atoms with Crippen LogP contribution in [0.25, 0.3) is 10.9 Å². The third-order valence-electron chi connectivity index (χ3n) is 5.36. The Labute approximate surface area is 175 Å². The van der Waals surface area contributed by atoms with Crippen LogP contribution in [-0.2, 0) is 4.79 Å². The molecule has 2 heterocycles. The lowest BCUT2D eigenvalue weighted by Crippen LogP contribution is -2.57. The monoisotopic (exact) mass is 404 g/mol. The molecule has 30 heavy (non-hydrogen) atoms. The van der Waals surface area contributed by atoms with Crippen LogP contribution in [0.5, 0.6) is 5.75 Å². The maximum absolute atomic E-state index is 13.0. The van der Waals surface area contributed by atoms with Crippen LogP contribution in [0.3, 0.4) is 0 Å². The zero-order chi connectivity index (χ0) is 21.1. The number of hydrogen-bond donors (Lipinski definition) is 0. The van der Waals surface area contributed by atoms with Gasteiger partial charge in [-0.1, -0.05) is 18.2 Å². The molecule has 0 saturated carbocycles. The van der Waals surface area contributed by atoms with Gasteiger partial charge in [-0.2, -0.15) is 0 Å². The molecule has 2 amide bonds. The summed E-state index contributed by atoms with van der Waals surface area (Å²) in [6.45, 7) is 5.20. The number of carbonyl (C=O) groups is 2. The van der Waals surface area contributed by atoms with E-state index >= 15 is 0 Å². The highest BCUT2D eigenvalue weighted by Crippen LogP contribution is 2.21. The Bertz CT molecular complexity index is 1060. The Kier molecular flexibility index (Phi) is 5.61. The van der Waals surface area contributed by atoms with Crippen molar-refractivity contribution in [2.24, 2.45) is 0 Å². The first-order chi connectivity index (χ1) is 14.5. The van der Waals surface area contributed by atoms with Gasteiger partial charge in [0.1, 0.15) is 12.1 Å². The van der Waals surface area contributed by atoms with E-state index in [9.17, 15) is 9.59 Å². The van der Waals surface area contributed by atoms with Crippen molar-refractivity contribution in [1.29, 1.82) is 0 Å². The van der Waals surface area contributed by atoms with Gasteiger partial charge in [0, 0.05) is 42.8 Å². The smallest absolute Gasteiger partial charge is 0.263 e. The standard InChI is InChI=1S/C23H24N4O3/c1-16-14-26(23(29)18-6-4-3-5-7-18)10-11-27(16)22(28)17(2)30-20-8-9-21-19(12-20)13-24-15-25-21/h3-9,12-13,15-17H,10-11,14H2,1-2H3/t16-,17?/m1/s1. The maximum atomic E-state index is 13.0. The molecule has 3 aromatic rings. The highest BCUT2D eigenvalue weighted by Gasteiger charge is 2.32. The van der Waals surface area contributed by atoms with E-state index < -0.39 is 6.10 Å². The fourth-order valence-electron chi connectivity index (χ4n) is 3.76. The maximum Gasteiger partial charge on any atom is 0.263 e. The van der Waals surface area contributed by atoms with Gasteiger partial charge >= 0.3 is 0 Å². The van der Waals surface area contributed by atoms with Gasteiger partial charge in [0.05, 0.1) is 5.52 Å². The molecule has 1 aromatic heterocycles. The number of ether oxygens (including phenoxy) is 1. The molecule has 1 fully saturated rings. The lowest BCUT2D eigenvalue weighted by Gasteiger charge is -2.40. The Morgan fingerprint density at radius 2 is 1.93 bits per heavy atom. The van der Waals surface area contributed by atoms with Gasteiger partial charge in [-0.3, -0.25) is 9.59 Å². The fourth-order valence-corrected chi connectivity index (χ4v) is 3.76. The second-order valence-corrected chi connectivity index (χ2v) is 7.50. The summed E-state index contributed by atoms with van der Waals surface area (Å²) >= 11 is 0. The number of fused-ring (bicyclic) bond motifs is 1. The van der Waals surface area contributed by atoms with Gasteiger partial charge in [-0.15, -0.1) is 0 Å². The Hall–Kier alpha value is -3.48. The minimum absolute atomic E-state index is 0.00256. The molecule has 7 nitrogen and oxygen atoms in total. The molecule has 0 N–H and O–H groups in total. The molecule has 0 aliphatic carbocycles. The number of rotatable bonds is 4. The van der Waals surface area contributed by atoms with E-state index in [2.05, 4.69) is 9.97 Å². The highest BCUT2D eigenvalue weighted by atomic mass is 16.5. The fraction of sp³-hybridized carbons (Fsp3) is 0.304. The van der Waals surface area contributed by atoms with Crippen molar-refractivity contribution < 1.29 is 14.3 Å². The number of benzene rings is 2. The zero-order valence-electron chi connectivity index (χ0n) is 17.1. The van der Waals surface area contributed by atoms with Gasteiger partial charge in [0.2, 0.25) is 0 Å². The first-order valence-electron chi connectivity index (χ1n) is 10.0. The highest BCUT2D eigenvalue weighted by molar-refractivity contribution is 5.94. The Balaban J connectivity index is 1.39. The van der Waals surface area contributed by atoms with Crippen LogP contribution in [0, 0.1) is 0 Å². The SMILES string of the molecule is CC(Oc1ccc2ncncc2c1)C(=O)N1CCN(C(=O)c2ccccc2)C[C@H]1C. The first-order valence-corrected chi connectivity index (χ1v) is 10.0. The van der Waals surface area contributed by atoms with Crippen LogP contribution in [0.4, 0.5) is 0 Å². The minimum Gasteiger partial charge on any atom is -0.481 e. The molecule has 2 aromatic carbocycles. The zero-order valence-corrected chi connectivity index (χ0v) is 17.1. The van der Waals surface area contributed by atoms with Gasteiger partial charge in [0.25, 0.3) is 11.8 Å². The molecular formula is C23H24N4O3. The molecular weight excluding hydrogens is 380 g/mol. The minimum atomic E-state index is -0.633. The molecule has 7 heteroatoms. The van der Waals surface area contributed by atoms with Gasteiger partial charge in [0.15, 0.2) is 6.10 Å². The second-order valence-electron chi connectivity index (χ2n) is 7.50. The van der Waals surface area contributed by atoms with Crippen LogP contribution < -0.4 is 4.74 Å². The van der Waals surface area contributed by atoms with Crippen LogP contribution in [0.2, 0.25) is 0 Å². The summed E-state index contributed by atoms with van der Waals surface area (Å²) in [5.74, 6) is 0.514. The quantitative estimate of drug-likeness (QED) is 0.668. The van der Waals surface area contributed by atoms with Crippen molar-refractivity contribution in [2.45, 2.75) is 26.0 Å². The van der Waals surface area contributed by atoms with Crippen LogP contribution in [0.15, 0.2) is 61.1 Å². The van der Waals surface area contributed by atoms with Gasteiger partial charge < -0.3 is 14.5 Å². The molecule has 0 radical (unpaired) electrons. The third kappa shape index (κ3) is 4.10. The van der Waals surface area contributed by atoms with Crippen molar-refractivity contribution in [3.05, 3.63) is 66.6 Å². The molecule has 4 rings (SSSR count). The van der Waals surface area contributed by atoms with E-state index in [0.29, 0.717) is 30.9 Å². The third-order valence-corrected chi connectivity index (χ3v) is 5.36. The average molecular weight is 404 g/mol. The average Bonchev–Trinajstić information content (AvgIpc) is 2.78. The topological polar surface area (TPSA) is 75.6 Å². The number of piperazine rings is 1. The summed E-state index contributed by atoms with van der Waals surface area (Å²) in [5, 5.41) is 0.857. The molecule has 0 spiro atoms. The largest absolute Gasteiger partial charge is 0.481 e. The summed E-state index contributed by atoms with van der Waals surface area (Å²) in [7, 11) is 0. The van der Waals surface area contributed by atoms with E-state index in [4.69, 9.17) is 4.74 Å². The predicted octanol–water partition coefficient (Wildman–Crippen LogP) is 2.77. The number of aromatic nitrogens is 2. The molecule has 0 bridgehead atoms. The molecule has 2 atom stereocenters. The molecule has 1 unspecified atom stereocenters. The summed E-state index contributed by atoms with van der Waals surface area (Å²) in [6.07, 6.45) is 2.58. The van der Waals surface area contributed by atoms with Crippen molar-refractivity contribution in [2.75, 3.05) is 19.6 Å². The summed E-state index contributed by atoms with van der Waals surface area (Å²) in [4.78, 5) is 37.5. The lowest BCUT2D eigenvalue weighted by molar-refractivity contribution is -0.142. The van der Waals surface area contributed by atoms with Crippen LogP contribution >= 0.6 is 0 Å². The van der Waals surface area contributed by atoms with Crippen molar-refractivity contribution in [3.63, 3.8) is 0 Å². The van der Waals surface area contributed by atoms with Crippen molar-refractivity contribution in [3.8, 4) is 5.75 Å². The Morgan fingerprint density at radius 3 is 2.70 bits per heavy atom. The predicted molar refractivity (Wildman–Crippen MR) is 113 cm³/mol. The number of nitrogens with zero attached hydrogens (tertiary/aromatic N) is 4. The van der Waals surface area contributed by atoms with Gasteiger partial charge in [-0.05, 0) is 44.2 Å². The van der Waals surface area contributed by atoms with E-state index in [1.54, 1.807) is 29.0 Å². The molecule has 1 aliphatic heterocycles. The van der Waals surface area contributed by atoms with E-state index in [1.165, 1.54) is 6.33 Å². The van der Waals surface area contributed by atoms with Crippen molar-refractivity contribution >= 4 is 22.7 Å². The van der Waals surface area contributed by atoms with E-state index in [1.807, 2.05) is 49.4 Å².